The van der Waals surface area contributed by atoms with Gasteiger partial charge in [0.15, 0.2) is 0 Å². The molecule has 19 heavy (non-hydrogen) atoms. The van der Waals surface area contributed by atoms with Gasteiger partial charge in [-0.3, -0.25) is 4.98 Å². The van der Waals surface area contributed by atoms with E-state index < -0.39 is 0 Å². The number of pyridine rings is 2. The molecule has 0 bridgehead atoms. The minimum absolute atomic E-state index is 1.01. The third kappa shape index (κ3) is 2.50. The standard InChI is InChI=1S/C14H13N3.C2H6/c1-10-6-12-13(11-4-3-5-15-8-11)9-17(2)14(12)16-7-10;1-2/h3-9H,1-2H3;1-2H3. The summed E-state index contributed by atoms with van der Waals surface area (Å²) in [5, 5.41) is 1.18. The SMILES string of the molecule is CC.Cc1cnc2c(c1)c(-c1cccnc1)cn2C. The van der Waals surface area contributed by atoms with Gasteiger partial charge in [-0.25, -0.2) is 4.98 Å². The summed E-state index contributed by atoms with van der Waals surface area (Å²) in [5.41, 5.74) is 4.50. The topological polar surface area (TPSA) is 30.7 Å². The zero-order chi connectivity index (χ0) is 13.8. The molecule has 0 N–H and O–H groups in total. The average molecular weight is 253 g/mol. The van der Waals surface area contributed by atoms with Crippen molar-refractivity contribution < 1.29 is 0 Å². The van der Waals surface area contributed by atoms with Crippen LogP contribution in [0.25, 0.3) is 22.2 Å². The van der Waals surface area contributed by atoms with E-state index >= 15 is 0 Å². The summed E-state index contributed by atoms with van der Waals surface area (Å²) in [6.45, 7) is 6.06. The van der Waals surface area contributed by atoms with Crippen LogP contribution in [0.4, 0.5) is 0 Å². The van der Waals surface area contributed by atoms with Gasteiger partial charge in [-0.15, -0.1) is 0 Å². The van der Waals surface area contributed by atoms with Gasteiger partial charge in [0.25, 0.3) is 0 Å². The maximum atomic E-state index is 4.47. The Morgan fingerprint density at radius 2 is 1.95 bits per heavy atom. The van der Waals surface area contributed by atoms with Gasteiger partial charge in [0.05, 0.1) is 0 Å². The number of rotatable bonds is 1. The third-order valence-electron chi connectivity index (χ3n) is 2.92. The van der Waals surface area contributed by atoms with Crippen molar-refractivity contribution in [3.63, 3.8) is 0 Å². The number of aromatic nitrogens is 3. The lowest BCUT2D eigenvalue weighted by Crippen LogP contribution is -1.87. The molecule has 0 saturated carbocycles. The Morgan fingerprint density at radius 3 is 2.63 bits per heavy atom. The summed E-state index contributed by atoms with van der Waals surface area (Å²) >= 11 is 0. The van der Waals surface area contributed by atoms with Gasteiger partial charge in [-0.1, -0.05) is 19.9 Å². The Morgan fingerprint density at radius 1 is 1.16 bits per heavy atom. The van der Waals surface area contributed by atoms with Crippen LogP contribution in [0.5, 0.6) is 0 Å². The number of fused-ring (bicyclic) bond motifs is 1. The maximum absolute atomic E-state index is 4.47. The van der Waals surface area contributed by atoms with E-state index in [-0.39, 0.29) is 0 Å². The number of aryl methyl sites for hydroxylation is 2. The molecular weight excluding hydrogens is 234 g/mol. The smallest absolute Gasteiger partial charge is 0.140 e. The Labute approximate surface area is 113 Å². The van der Waals surface area contributed by atoms with E-state index in [1.54, 1.807) is 6.20 Å². The van der Waals surface area contributed by atoms with Crippen LogP contribution in [-0.2, 0) is 7.05 Å². The summed E-state index contributed by atoms with van der Waals surface area (Å²) in [4.78, 5) is 8.64. The molecule has 3 nitrogen and oxygen atoms in total. The molecule has 0 fully saturated rings. The highest BCUT2D eigenvalue weighted by atomic mass is 15.0. The van der Waals surface area contributed by atoms with Crippen LogP contribution >= 0.6 is 0 Å². The first-order chi connectivity index (χ1) is 9.25. The van der Waals surface area contributed by atoms with Gasteiger partial charge in [-0.2, -0.15) is 0 Å². The highest BCUT2D eigenvalue weighted by Gasteiger charge is 2.09. The Kier molecular flexibility index (Phi) is 3.95. The number of hydrogen-bond donors (Lipinski definition) is 0. The number of nitrogens with zero attached hydrogens (tertiary/aromatic N) is 3. The van der Waals surface area contributed by atoms with E-state index in [2.05, 4.69) is 39.8 Å². The quantitative estimate of drug-likeness (QED) is 0.657. The van der Waals surface area contributed by atoms with Crippen molar-refractivity contribution in [3.05, 3.63) is 48.5 Å². The molecule has 3 rings (SSSR count). The zero-order valence-electron chi connectivity index (χ0n) is 11.9. The summed E-state index contributed by atoms with van der Waals surface area (Å²) < 4.78 is 2.05. The molecule has 0 aromatic carbocycles. The van der Waals surface area contributed by atoms with Gasteiger partial charge < -0.3 is 4.57 Å². The van der Waals surface area contributed by atoms with Crippen LogP contribution in [-0.4, -0.2) is 14.5 Å². The molecule has 0 atom stereocenters. The second-order valence-corrected chi connectivity index (χ2v) is 4.28. The maximum Gasteiger partial charge on any atom is 0.140 e. The van der Waals surface area contributed by atoms with Gasteiger partial charge >= 0.3 is 0 Å². The molecule has 0 spiro atoms. The van der Waals surface area contributed by atoms with Gasteiger partial charge in [-0.05, 0) is 24.6 Å². The van der Waals surface area contributed by atoms with Crippen LogP contribution in [0.15, 0.2) is 43.0 Å². The lowest BCUT2D eigenvalue weighted by Gasteiger charge is -1.98. The number of hydrogen-bond acceptors (Lipinski definition) is 2. The zero-order valence-corrected chi connectivity index (χ0v) is 11.9. The highest BCUT2D eigenvalue weighted by molar-refractivity contribution is 5.94. The van der Waals surface area contributed by atoms with Crippen molar-refractivity contribution in [1.29, 1.82) is 0 Å². The first-order valence-corrected chi connectivity index (χ1v) is 6.58. The lowest BCUT2D eigenvalue weighted by atomic mass is 10.1. The van der Waals surface area contributed by atoms with E-state index in [4.69, 9.17) is 0 Å². The highest BCUT2D eigenvalue weighted by Crippen LogP contribution is 2.28. The molecule has 3 heterocycles. The predicted molar refractivity (Wildman–Crippen MR) is 80.0 cm³/mol. The first-order valence-electron chi connectivity index (χ1n) is 6.58. The van der Waals surface area contributed by atoms with Crippen molar-refractivity contribution in [2.45, 2.75) is 20.8 Å². The van der Waals surface area contributed by atoms with E-state index in [9.17, 15) is 0 Å². The minimum atomic E-state index is 1.01. The predicted octanol–water partition coefficient (Wildman–Crippen LogP) is 3.97. The molecule has 0 aliphatic rings. The summed E-state index contributed by atoms with van der Waals surface area (Å²) in [5.74, 6) is 0. The Bertz CT molecular complexity index is 669. The fraction of sp³-hybridized carbons (Fsp3) is 0.250. The van der Waals surface area contributed by atoms with E-state index in [1.807, 2.05) is 39.4 Å². The van der Waals surface area contributed by atoms with Gasteiger partial charge in [0.2, 0.25) is 0 Å². The van der Waals surface area contributed by atoms with Gasteiger partial charge in [0.1, 0.15) is 5.65 Å². The van der Waals surface area contributed by atoms with Gasteiger partial charge in [0, 0.05) is 48.3 Å². The molecule has 3 heteroatoms. The van der Waals surface area contributed by atoms with Crippen molar-refractivity contribution in [2.24, 2.45) is 7.05 Å². The Hall–Kier alpha value is -2.16. The van der Waals surface area contributed by atoms with Crippen LogP contribution < -0.4 is 0 Å². The summed E-state index contributed by atoms with van der Waals surface area (Å²) in [6, 6.07) is 6.20. The van der Waals surface area contributed by atoms with Crippen molar-refractivity contribution >= 4 is 11.0 Å². The van der Waals surface area contributed by atoms with Crippen molar-refractivity contribution in [1.82, 2.24) is 14.5 Å². The van der Waals surface area contributed by atoms with Crippen LogP contribution in [0.3, 0.4) is 0 Å². The molecule has 3 aromatic rings. The largest absolute Gasteiger partial charge is 0.335 e. The van der Waals surface area contributed by atoms with Crippen molar-refractivity contribution in [2.75, 3.05) is 0 Å². The lowest BCUT2D eigenvalue weighted by molar-refractivity contribution is 0.948. The molecule has 0 aliphatic heterocycles. The van der Waals surface area contributed by atoms with Crippen molar-refractivity contribution in [3.8, 4) is 11.1 Å². The monoisotopic (exact) mass is 253 g/mol. The minimum Gasteiger partial charge on any atom is -0.335 e. The Balaban J connectivity index is 0.000000637. The summed E-state index contributed by atoms with van der Waals surface area (Å²) in [6.07, 6.45) is 7.68. The molecule has 98 valence electrons. The molecule has 3 aromatic heterocycles. The van der Waals surface area contributed by atoms with E-state index in [1.165, 1.54) is 16.5 Å². The average Bonchev–Trinajstić information content (AvgIpc) is 2.79. The normalized spacial score (nSPS) is 10.1. The molecule has 0 amide bonds. The molecule has 0 radical (unpaired) electrons. The molecular formula is C16H19N3. The molecule has 0 aliphatic carbocycles. The van der Waals surface area contributed by atoms with Crippen LogP contribution in [0, 0.1) is 6.92 Å². The van der Waals surface area contributed by atoms with E-state index in [0.29, 0.717) is 0 Å². The van der Waals surface area contributed by atoms with Crippen LogP contribution in [0.1, 0.15) is 19.4 Å². The fourth-order valence-corrected chi connectivity index (χ4v) is 2.12. The van der Waals surface area contributed by atoms with Crippen LogP contribution in [0.2, 0.25) is 0 Å². The second kappa shape index (κ2) is 5.65. The second-order valence-electron chi connectivity index (χ2n) is 4.28. The fourth-order valence-electron chi connectivity index (χ4n) is 2.12. The van der Waals surface area contributed by atoms with E-state index in [0.717, 1.165) is 11.2 Å². The first kappa shape index (κ1) is 13.3. The third-order valence-corrected chi connectivity index (χ3v) is 2.92. The molecule has 0 unspecified atom stereocenters. The molecule has 0 saturated heterocycles. The summed E-state index contributed by atoms with van der Waals surface area (Å²) in [7, 11) is 2.02.